The number of aryl methyl sites for hydroxylation is 1. The summed E-state index contributed by atoms with van der Waals surface area (Å²) < 4.78 is 2.18. The van der Waals surface area contributed by atoms with Gasteiger partial charge in [-0.1, -0.05) is 43.9 Å². The third kappa shape index (κ3) is 2.88. The van der Waals surface area contributed by atoms with Gasteiger partial charge in [0.2, 0.25) is 0 Å². The third-order valence-corrected chi connectivity index (χ3v) is 7.84. The van der Waals surface area contributed by atoms with Crippen LogP contribution in [0.15, 0.2) is 48.8 Å². The molecule has 4 heteroatoms. The van der Waals surface area contributed by atoms with Crippen LogP contribution in [0.4, 0.5) is 0 Å². The van der Waals surface area contributed by atoms with Crippen molar-refractivity contribution in [3.63, 3.8) is 0 Å². The molecule has 1 amide bonds. The Morgan fingerprint density at radius 2 is 1.94 bits per heavy atom. The minimum absolute atomic E-state index is 0.144. The van der Waals surface area contributed by atoms with E-state index in [9.17, 15) is 4.79 Å². The van der Waals surface area contributed by atoms with Gasteiger partial charge in [0.1, 0.15) is 5.69 Å². The van der Waals surface area contributed by atoms with Gasteiger partial charge >= 0.3 is 0 Å². The molecule has 0 N–H and O–H groups in total. The van der Waals surface area contributed by atoms with Gasteiger partial charge < -0.3 is 9.47 Å². The number of rotatable bonds is 3. The predicted molar refractivity (Wildman–Crippen MR) is 122 cm³/mol. The highest BCUT2D eigenvalue weighted by Crippen LogP contribution is 2.54. The van der Waals surface area contributed by atoms with Gasteiger partial charge in [0.05, 0.1) is 11.2 Å². The second kappa shape index (κ2) is 6.81. The normalized spacial score (nSPS) is 19.4. The van der Waals surface area contributed by atoms with Gasteiger partial charge in [-0.15, -0.1) is 0 Å². The summed E-state index contributed by atoms with van der Waals surface area (Å²) in [6.07, 6.45) is 12.6. The first-order valence-corrected chi connectivity index (χ1v) is 11.6. The van der Waals surface area contributed by atoms with Crippen molar-refractivity contribution in [2.45, 2.75) is 57.4 Å². The van der Waals surface area contributed by atoms with Crippen LogP contribution < -0.4 is 0 Å². The van der Waals surface area contributed by atoms with Crippen LogP contribution in [0, 0.1) is 12.8 Å². The Hall–Kier alpha value is -2.88. The molecule has 2 aliphatic carbocycles. The molecule has 1 aliphatic heterocycles. The molecular formula is C27H29N3O. The number of hydrogen-bond donors (Lipinski definition) is 0. The second-order valence-electron chi connectivity index (χ2n) is 9.72. The van der Waals surface area contributed by atoms with Crippen molar-refractivity contribution < 1.29 is 4.79 Å². The number of aromatic nitrogens is 2. The Balaban J connectivity index is 1.52. The highest BCUT2D eigenvalue weighted by Gasteiger charge is 2.53. The SMILES string of the molecule is Cc1ncccc1-c1ccc2c(c1)-n1cc(CC3CCCC3)cc1C(=O)N(C)C21CC1. The first kappa shape index (κ1) is 18.9. The Bertz CT molecular complexity index is 1180. The number of pyridine rings is 1. The topological polar surface area (TPSA) is 38.1 Å². The third-order valence-electron chi connectivity index (χ3n) is 7.84. The van der Waals surface area contributed by atoms with E-state index in [4.69, 9.17) is 0 Å². The lowest BCUT2D eigenvalue weighted by Gasteiger charge is -2.27. The molecular weight excluding hydrogens is 382 g/mol. The van der Waals surface area contributed by atoms with Crippen molar-refractivity contribution in [2.24, 2.45) is 5.92 Å². The maximum atomic E-state index is 13.5. The van der Waals surface area contributed by atoms with Gasteiger partial charge in [-0.05, 0) is 61.4 Å². The van der Waals surface area contributed by atoms with Crippen LogP contribution >= 0.6 is 0 Å². The molecule has 1 aromatic carbocycles. The van der Waals surface area contributed by atoms with Crippen molar-refractivity contribution in [3.8, 4) is 16.8 Å². The highest BCUT2D eigenvalue weighted by atomic mass is 16.2. The van der Waals surface area contributed by atoms with Crippen LogP contribution in [-0.2, 0) is 12.0 Å². The lowest BCUT2D eigenvalue weighted by molar-refractivity contribution is 0.0705. The number of carbonyl (C=O) groups is 1. The average Bonchev–Trinajstić information content (AvgIpc) is 3.23. The zero-order valence-corrected chi connectivity index (χ0v) is 18.4. The average molecular weight is 412 g/mol. The Kier molecular flexibility index (Phi) is 4.14. The number of nitrogens with zero attached hydrogens (tertiary/aromatic N) is 3. The van der Waals surface area contributed by atoms with Gasteiger partial charge in [-0.3, -0.25) is 9.78 Å². The molecule has 3 aliphatic rings. The molecule has 0 radical (unpaired) electrons. The van der Waals surface area contributed by atoms with E-state index in [1.54, 1.807) is 0 Å². The highest BCUT2D eigenvalue weighted by molar-refractivity contribution is 5.96. The minimum atomic E-state index is -0.153. The van der Waals surface area contributed by atoms with Gasteiger partial charge in [0.15, 0.2) is 0 Å². The molecule has 4 nitrogen and oxygen atoms in total. The largest absolute Gasteiger partial charge is 0.331 e. The predicted octanol–water partition coefficient (Wildman–Crippen LogP) is 5.66. The Morgan fingerprint density at radius 3 is 2.68 bits per heavy atom. The van der Waals surface area contributed by atoms with Crippen molar-refractivity contribution >= 4 is 5.91 Å². The van der Waals surface area contributed by atoms with E-state index in [-0.39, 0.29) is 11.4 Å². The molecule has 0 unspecified atom stereocenters. The summed E-state index contributed by atoms with van der Waals surface area (Å²) in [5.74, 6) is 0.906. The summed E-state index contributed by atoms with van der Waals surface area (Å²) in [4.78, 5) is 20.0. The quantitative estimate of drug-likeness (QED) is 0.558. The fourth-order valence-electron chi connectivity index (χ4n) is 5.89. The number of fused-ring (bicyclic) bond motifs is 4. The summed E-state index contributed by atoms with van der Waals surface area (Å²) in [7, 11) is 1.98. The van der Waals surface area contributed by atoms with Crippen LogP contribution in [0.2, 0.25) is 0 Å². The number of carbonyl (C=O) groups excluding carboxylic acids is 1. The monoisotopic (exact) mass is 411 g/mol. The molecule has 3 aromatic rings. The molecule has 0 bridgehead atoms. The van der Waals surface area contributed by atoms with E-state index in [1.807, 2.05) is 24.2 Å². The molecule has 158 valence electrons. The van der Waals surface area contributed by atoms with E-state index in [1.165, 1.54) is 36.8 Å². The second-order valence-corrected chi connectivity index (χ2v) is 9.72. The first-order chi connectivity index (χ1) is 15.1. The van der Waals surface area contributed by atoms with E-state index < -0.39 is 0 Å². The van der Waals surface area contributed by atoms with E-state index >= 15 is 0 Å². The lowest BCUT2D eigenvalue weighted by Crippen LogP contribution is -2.36. The van der Waals surface area contributed by atoms with Gasteiger partial charge in [0.25, 0.3) is 5.91 Å². The van der Waals surface area contributed by atoms with E-state index in [0.717, 1.165) is 53.4 Å². The van der Waals surface area contributed by atoms with Gasteiger partial charge in [-0.25, -0.2) is 0 Å². The lowest BCUT2D eigenvalue weighted by atomic mass is 9.96. The summed E-state index contributed by atoms with van der Waals surface area (Å²) in [6, 6.07) is 13.0. The molecule has 2 saturated carbocycles. The maximum Gasteiger partial charge on any atom is 0.271 e. The van der Waals surface area contributed by atoms with Crippen LogP contribution in [-0.4, -0.2) is 27.4 Å². The van der Waals surface area contributed by atoms with Gasteiger partial charge in [-0.2, -0.15) is 0 Å². The fourth-order valence-corrected chi connectivity index (χ4v) is 5.89. The van der Waals surface area contributed by atoms with Crippen molar-refractivity contribution in [2.75, 3.05) is 7.05 Å². The van der Waals surface area contributed by atoms with Crippen molar-refractivity contribution in [1.29, 1.82) is 0 Å². The smallest absolute Gasteiger partial charge is 0.271 e. The van der Waals surface area contributed by atoms with Crippen LogP contribution in [0.3, 0.4) is 0 Å². The van der Waals surface area contributed by atoms with Crippen LogP contribution in [0.1, 0.15) is 65.8 Å². The zero-order valence-electron chi connectivity index (χ0n) is 18.4. The molecule has 2 fully saturated rings. The molecule has 3 heterocycles. The fraction of sp³-hybridized carbons (Fsp3) is 0.407. The van der Waals surface area contributed by atoms with Crippen LogP contribution in [0.5, 0.6) is 0 Å². The minimum Gasteiger partial charge on any atom is -0.331 e. The summed E-state index contributed by atoms with van der Waals surface area (Å²) in [6.45, 7) is 2.06. The molecule has 0 atom stereocenters. The number of amides is 1. The maximum absolute atomic E-state index is 13.5. The molecule has 31 heavy (non-hydrogen) atoms. The molecule has 6 rings (SSSR count). The summed E-state index contributed by atoms with van der Waals surface area (Å²) in [5, 5.41) is 0. The van der Waals surface area contributed by atoms with Gasteiger partial charge in [0, 0.05) is 36.3 Å². The van der Waals surface area contributed by atoms with E-state index in [2.05, 4.69) is 53.0 Å². The Morgan fingerprint density at radius 1 is 1.13 bits per heavy atom. The zero-order chi connectivity index (χ0) is 21.2. The molecule has 0 saturated heterocycles. The first-order valence-electron chi connectivity index (χ1n) is 11.6. The number of hydrogen-bond acceptors (Lipinski definition) is 2. The van der Waals surface area contributed by atoms with Crippen molar-refractivity contribution in [3.05, 3.63) is 71.3 Å². The molecule has 1 spiro atoms. The van der Waals surface area contributed by atoms with Crippen LogP contribution in [0.25, 0.3) is 16.8 Å². The van der Waals surface area contributed by atoms with E-state index in [0.29, 0.717) is 0 Å². The number of benzene rings is 1. The summed E-state index contributed by atoms with van der Waals surface area (Å²) in [5.41, 5.74) is 7.72. The van der Waals surface area contributed by atoms with Crippen molar-refractivity contribution in [1.82, 2.24) is 14.5 Å². The standard InChI is InChI=1S/C27H29N3O/c1-18-22(8-5-13-28-18)21-9-10-23-24(16-21)30-17-20(14-19-6-3-4-7-19)15-25(30)26(31)29(2)27(23)11-12-27/h5,8-10,13,15-17,19H,3-4,6-7,11-12,14H2,1-2H3. The molecule has 2 aromatic heterocycles. The summed E-state index contributed by atoms with van der Waals surface area (Å²) >= 11 is 0. The Labute approximate surface area is 183 Å².